The molecule has 7 nitrogen and oxygen atoms in total. The first-order chi connectivity index (χ1) is 13.3. The number of rotatable bonds is 3. The molecule has 150 valence electrons. The second-order valence-corrected chi connectivity index (χ2v) is 8.78. The second kappa shape index (κ2) is 6.87. The Balaban J connectivity index is 1.63. The number of aromatic nitrogens is 4. The quantitative estimate of drug-likeness (QED) is 0.816. The van der Waals surface area contributed by atoms with E-state index in [1.165, 1.54) is 5.56 Å². The van der Waals surface area contributed by atoms with E-state index >= 15 is 0 Å². The third-order valence-corrected chi connectivity index (χ3v) is 6.20. The van der Waals surface area contributed by atoms with E-state index in [-0.39, 0.29) is 11.3 Å². The molecule has 2 aromatic rings. The number of carbonyl (C=O) groups is 1. The van der Waals surface area contributed by atoms with Gasteiger partial charge in [0, 0.05) is 45.8 Å². The van der Waals surface area contributed by atoms with Crippen molar-refractivity contribution in [3.8, 4) is 0 Å². The fraction of sp³-hybridized carbons (Fsp3) is 0.619. The molecule has 1 atom stereocenters. The predicted molar refractivity (Wildman–Crippen MR) is 109 cm³/mol. The highest BCUT2D eigenvalue weighted by Gasteiger charge is 2.45. The molecule has 2 aromatic heterocycles. The summed E-state index contributed by atoms with van der Waals surface area (Å²) in [5.41, 5.74) is 3.98. The molecule has 1 amide bonds. The zero-order valence-electron chi connectivity index (χ0n) is 17.6. The number of hydrogen-bond acceptors (Lipinski definition) is 5. The van der Waals surface area contributed by atoms with Crippen molar-refractivity contribution in [3.05, 3.63) is 34.9 Å². The maximum Gasteiger partial charge on any atom is 0.272 e. The molecule has 1 saturated heterocycles. The Kier molecular flexibility index (Phi) is 4.63. The van der Waals surface area contributed by atoms with Gasteiger partial charge in [-0.15, -0.1) is 0 Å². The lowest BCUT2D eigenvalue weighted by atomic mass is 9.77. The summed E-state index contributed by atoms with van der Waals surface area (Å²) in [5, 5.41) is 4.53. The molecular formula is C21H30N6O. The Bertz CT molecular complexity index is 898. The Hall–Kier alpha value is -2.44. The van der Waals surface area contributed by atoms with Crippen molar-refractivity contribution in [3.63, 3.8) is 0 Å². The Labute approximate surface area is 166 Å². The number of nitrogens with zero attached hydrogens (tertiary/aromatic N) is 6. The summed E-state index contributed by atoms with van der Waals surface area (Å²) < 4.78 is 1.73. The van der Waals surface area contributed by atoms with Gasteiger partial charge in [0.1, 0.15) is 5.69 Å². The Morgan fingerprint density at radius 1 is 1.29 bits per heavy atom. The van der Waals surface area contributed by atoms with Gasteiger partial charge in [-0.25, -0.2) is 9.97 Å². The summed E-state index contributed by atoms with van der Waals surface area (Å²) in [5.74, 6) is 1.14. The zero-order chi connectivity index (χ0) is 20.1. The van der Waals surface area contributed by atoms with Gasteiger partial charge in [0.2, 0.25) is 5.95 Å². The molecule has 0 N–H and O–H groups in total. The number of amides is 1. The third kappa shape index (κ3) is 3.06. The lowest BCUT2D eigenvalue weighted by molar-refractivity contribution is 0.0622. The maximum atomic E-state index is 13.3. The highest BCUT2D eigenvalue weighted by Crippen LogP contribution is 2.44. The van der Waals surface area contributed by atoms with E-state index in [0.29, 0.717) is 11.6 Å². The first kappa shape index (κ1) is 18.9. The largest absolute Gasteiger partial charge is 0.347 e. The van der Waals surface area contributed by atoms with Crippen molar-refractivity contribution in [2.24, 2.45) is 7.05 Å². The zero-order valence-corrected chi connectivity index (χ0v) is 17.6. The topological polar surface area (TPSA) is 67.2 Å². The molecule has 0 bridgehead atoms. The number of piperidine rings is 1. The molecule has 28 heavy (non-hydrogen) atoms. The number of hydrogen-bond donors (Lipinski definition) is 0. The van der Waals surface area contributed by atoms with Crippen LogP contribution in [0.1, 0.15) is 66.5 Å². The molecule has 1 aliphatic carbocycles. The SMILES string of the molecule is CC(C)c1cc(C(=O)N2CCCC3(CCc4cnc(N(C)C)nc43)C2)n(C)n1. The highest BCUT2D eigenvalue weighted by atomic mass is 16.2. The monoisotopic (exact) mass is 382 g/mol. The Morgan fingerprint density at radius 3 is 2.75 bits per heavy atom. The molecule has 0 aromatic carbocycles. The molecule has 0 saturated carbocycles. The van der Waals surface area contributed by atoms with Crippen LogP contribution in [0.15, 0.2) is 12.3 Å². The number of fused-ring (bicyclic) bond motifs is 2. The normalized spacial score (nSPS) is 21.4. The third-order valence-electron chi connectivity index (χ3n) is 6.20. The summed E-state index contributed by atoms with van der Waals surface area (Å²) in [6.07, 6.45) is 6.09. The lowest BCUT2D eigenvalue weighted by Gasteiger charge is -2.40. The predicted octanol–water partition coefficient (Wildman–Crippen LogP) is 2.52. The average Bonchev–Trinajstić information content (AvgIpc) is 3.22. The fourth-order valence-electron chi connectivity index (χ4n) is 4.58. The number of aryl methyl sites for hydroxylation is 2. The molecule has 1 spiro atoms. The molecule has 7 heteroatoms. The fourth-order valence-corrected chi connectivity index (χ4v) is 4.58. The van der Waals surface area contributed by atoms with Crippen LogP contribution in [0.5, 0.6) is 0 Å². The summed E-state index contributed by atoms with van der Waals surface area (Å²) in [4.78, 5) is 26.6. The standard InChI is InChI=1S/C21H30N6O/c1-14(2)16-11-17(26(5)24-16)19(28)27-10-6-8-21(13-27)9-7-15-12-22-20(25(3)4)23-18(15)21/h11-12,14H,6-10,13H2,1-5H3. The van der Waals surface area contributed by atoms with Crippen molar-refractivity contribution in [2.45, 2.75) is 50.9 Å². The Morgan fingerprint density at radius 2 is 2.07 bits per heavy atom. The van der Waals surface area contributed by atoms with Crippen molar-refractivity contribution in [2.75, 3.05) is 32.1 Å². The van der Waals surface area contributed by atoms with Crippen molar-refractivity contribution >= 4 is 11.9 Å². The minimum atomic E-state index is -0.0452. The first-order valence-corrected chi connectivity index (χ1v) is 10.2. The van der Waals surface area contributed by atoms with Crippen molar-refractivity contribution in [1.82, 2.24) is 24.6 Å². The first-order valence-electron chi connectivity index (χ1n) is 10.2. The van der Waals surface area contributed by atoms with E-state index in [0.717, 1.165) is 56.1 Å². The van der Waals surface area contributed by atoms with Gasteiger partial charge in [0.05, 0.1) is 11.4 Å². The van der Waals surface area contributed by atoms with Crippen LogP contribution in [0.3, 0.4) is 0 Å². The summed E-state index contributed by atoms with van der Waals surface area (Å²) in [6, 6.07) is 1.95. The average molecular weight is 383 g/mol. The molecule has 1 aliphatic heterocycles. The van der Waals surface area contributed by atoms with Crippen molar-refractivity contribution in [1.29, 1.82) is 0 Å². The van der Waals surface area contributed by atoms with Crippen molar-refractivity contribution < 1.29 is 4.79 Å². The van der Waals surface area contributed by atoms with Gasteiger partial charge in [-0.2, -0.15) is 5.10 Å². The highest BCUT2D eigenvalue weighted by molar-refractivity contribution is 5.93. The molecular weight excluding hydrogens is 352 g/mol. The van der Waals surface area contributed by atoms with Crippen LogP contribution in [0.25, 0.3) is 0 Å². The van der Waals surface area contributed by atoms with Crippen LogP contribution in [0, 0.1) is 0 Å². The van der Waals surface area contributed by atoms with Crippen LogP contribution in [-0.4, -0.2) is 57.7 Å². The van der Waals surface area contributed by atoms with Gasteiger partial charge in [-0.1, -0.05) is 13.8 Å². The van der Waals surface area contributed by atoms with Gasteiger partial charge < -0.3 is 9.80 Å². The van der Waals surface area contributed by atoms with E-state index in [2.05, 4.69) is 23.9 Å². The van der Waals surface area contributed by atoms with Gasteiger partial charge in [-0.3, -0.25) is 9.48 Å². The number of anilines is 1. The van der Waals surface area contributed by atoms with Crippen LogP contribution >= 0.6 is 0 Å². The van der Waals surface area contributed by atoms with E-state index in [4.69, 9.17) is 4.98 Å². The molecule has 1 unspecified atom stereocenters. The molecule has 4 rings (SSSR count). The van der Waals surface area contributed by atoms with Crippen LogP contribution in [0.4, 0.5) is 5.95 Å². The molecule has 0 radical (unpaired) electrons. The minimum absolute atomic E-state index is 0.0452. The number of likely N-dealkylation sites (tertiary alicyclic amines) is 1. The molecule has 1 fully saturated rings. The van der Waals surface area contributed by atoms with E-state index in [9.17, 15) is 4.79 Å². The van der Waals surface area contributed by atoms with E-state index in [1.807, 2.05) is 43.2 Å². The lowest BCUT2D eigenvalue weighted by Crippen LogP contribution is -2.48. The van der Waals surface area contributed by atoms with Crippen LogP contribution < -0.4 is 4.90 Å². The molecule has 3 heterocycles. The minimum Gasteiger partial charge on any atom is -0.347 e. The van der Waals surface area contributed by atoms with E-state index in [1.54, 1.807) is 4.68 Å². The van der Waals surface area contributed by atoms with Gasteiger partial charge in [0.15, 0.2) is 0 Å². The summed E-state index contributed by atoms with van der Waals surface area (Å²) in [7, 11) is 5.80. The number of carbonyl (C=O) groups excluding carboxylic acids is 1. The van der Waals surface area contributed by atoms with Gasteiger partial charge >= 0.3 is 0 Å². The smallest absolute Gasteiger partial charge is 0.272 e. The molecule has 2 aliphatic rings. The van der Waals surface area contributed by atoms with Gasteiger partial charge in [-0.05, 0) is 43.2 Å². The maximum absolute atomic E-state index is 13.3. The van der Waals surface area contributed by atoms with E-state index < -0.39 is 0 Å². The summed E-state index contributed by atoms with van der Waals surface area (Å²) in [6.45, 7) is 5.72. The summed E-state index contributed by atoms with van der Waals surface area (Å²) >= 11 is 0. The van der Waals surface area contributed by atoms with Crippen LogP contribution in [0.2, 0.25) is 0 Å². The van der Waals surface area contributed by atoms with Gasteiger partial charge in [0.25, 0.3) is 5.91 Å². The second-order valence-electron chi connectivity index (χ2n) is 8.78. The van der Waals surface area contributed by atoms with Crippen LogP contribution in [-0.2, 0) is 18.9 Å².